The Morgan fingerprint density at radius 2 is 1.83 bits per heavy atom. The predicted molar refractivity (Wildman–Crippen MR) is 65.8 cm³/mol. The van der Waals surface area contributed by atoms with Crippen molar-refractivity contribution < 1.29 is 19.7 Å². The van der Waals surface area contributed by atoms with E-state index in [0.29, 0.717) is 5.75 Å². The van der Waals surface area contributed by atoms with Crippen LogP contribution in [0.25, 0.3) is 0 Å². The van der Waals surface area contributed by atoms with E-state index < -0.39 is 5.97 Å². The van der Waals surface area contributed by atoms with Gasteiger partial charge in [-0.15, -0.1) is 0 Å². The van der Waals surface area contributed by atoms with Gasteiger partial charge in [-0.3, -0.25) is 0 Å². The SMILES string of the molecule is O=C(O)c1cccc(COc2ccc(O)cc2)c1. The van der Waals surface area contributed by atoms with Gasteiger partial charge in [-0.1, -0.05) is 12.1 Å². The minimum atomic E-state index is -0.957. The van der Waals surface area contributed by atoms with E-state index >= 15 is 0 Å². The zero-order valence-electron chi connectivity index (χ0n) is 9.54. The second-order valence-corrected chi connectivity index (χ2v) is 3.79. The minimum Gasteiger partial charge on any atom is -0.508 e. The normalized spacial score (nSPS) is 10.0. The number of phenols is 1. The number of carbonyl (C=O) groups is 1. The first kappa shape index (κ1) is 12.0. The summed E-state index contributed by atoms with van der Waals surface area (Å²) in [5.41, 5.74) is 1.02. The highest BCUT2D eigenvalue weighted by Crippen LogP contribution is 2.17. The van der Waals surface area contributed by atoms with Gasteiger partial charge in [0.25, 0.3) is 0 Å². The second-order valence-electron chi connectivity index (χ2n) is 3.79. The summed E-state index contributed by atoms with van der Waals surface area (Å²) in [6.45, 7) is 0.284. The molecular formula is C14H12O4. The standard InChI is InChI=1S/C14H12O4/c15-12-4-6-13(7-5-12)18-9-10-2-1-3-11(8-10)14(16)17/h1-8,15H,9H2,(H,16,17). The van der Waals surface area contributed by atoms with E-state index in [4.69, 9.17) is 14.9 Å². The molecule has 0 amide bonds. The molecule has 0 unspecified atom stereocenters. The molecule has 2 rings (SSSR count). The monoisotopic (exact) mass is 244 g/mol. The number of phenolic OH excluding ortho intramolecular Hbond substituents is 1. The summed E-state index contributed by atoms with van der Waals surface area (Å²) in [6.07, 6.45) is 0. The molecule has 0 aliphatic rings. The summed E-state index contributed by atoms with van der Waals surface area (Å²) in [5, 5.41) is 18.0. The van der Waals surface area contributed by atoms with Crippen LogP contribution >= 0.6 is 0 Å². The van der Waals surface area contributed by atoms with Crippen LogP contribution in [0.3, 0.4) is 0 Å². The van der Waals surface area contributed by atoms with Crippen molar-refractivity contribution in [3.8, 4) is 11.5 Å². The van der Waals surface area contributed by atoms with Crippen molar-refractivity contribution >= 4 is 5.97 Å². The van der Waals surface area contributed by atoms with Gasteiger partial charge >= 0.3 is 5.97 Å². The number of aromatic carboxylic acids is 1. The van der Waals surface area contributed by atoms with Crippen LogP contribution in [-0.4, -0.2) is 16.2 Å². The lowest BCUT2D eigenvalue weighted by atomic mass is 10.1. The van der Waals surface area contributed by atoms with E-state index in [1.54, 1.807) is 30.3 Å². The number of hydrogen-bond acceptors (Lipinski definition) is 3. The summed E-state index contributed by atoms with van der Waals surface area (Å²) in [5.74, 6) is -0.162. The van der Waals surface area contributed by atoms with E-state index in [9.17, 15) is 4.79 Å². The van der Waals surface area contributed by atoms with Crippen LogP contribution in [0, 0.1) is 0 Å². The third-order valence-corrected chi connectivity index (χ3v) is 2.42. The van der Waals surface area contributed by atoms with Crippen LogP contribution in [0.15, 0.2) is 48.5 Å². The number of benzene rings is 2. The maximum absolute atomic E-state index is 10.8. The molecule has 0 saturated heterocycles. The lowest BCUT2D eigenvalue weighted by Crippen LogP contribution is -2.00. The van der Waals surface area contributed by atoms with E-state index in [-0.39, 0.29) is 17.9 Å². The van der Waals surface area contributed by atoms with Gasteiger partial charge in [0.15, 0.2) is 0 Å². The van der Waals surface area contributed by atoms with Crippen LogP contribution in [0.4, 0.5) is 0 Å². The van der Waals surface area contributed by atoms with Crippen LogP contribution in [-0.2, 0) is 6.61 Å². The van der Waals surface area contributed by atoms with Crippen LogP contribution in [0.5, 0.6) is 11.5 Å². The molecule has 4 nitrogen and oxygen atoms in total. The van der Waals surface area contributed by atoms with Gasteiger partial charge in [0.1, 0.15) is 18.1 Å². The van der Waals surface area contributed by atoms with E-state index in [0.717, 1.165) is 5.56 Å². The van der Waals surface area contributed by atoms with Gasteiger partial charge < -0.3 is 14.9 Å². The summed E-state index contributed by atoms with van der Waals surface area (Å²) in [4.78, 5) is 10.8. The molecule has 0 spiro atoms. The summed E-state index contributed by atoms with van der Waals surface area (Å²) in [6, 6.07) is 12.9. The van der Waals surface area contributed by atoms with Crippen molar-refractivity contribution in [2.45, 2.75) is 6.61 Å². The number of ether oxygens (including phenoxy) is 1. The van der Waals surface area contributed by atoms with Crippen LogP contribution in [0.1, 0.15) is 15.9 Å². The molecule has 2 aromatic carbocycles. The Kier molecular flexibility index (Phi) is 3.48. The van der Waals surface area contributed by atoms with E-state index in [2.05, 4.69) is 0 Å². The number of rotatable bonds is 4. The Morgan fingerprint density at radius 3 is 2.50 bits per heavy atom. The highest BCUT2D eigenvalue weighted by atomic mass is 16.5. The smallest absolute Gasteiger partial charge is 0.335 e. The quantitative estimate of drug-likeness (QED) is 0.867. The maximum atomic E-state index is 10.8. The third kappa shape index (κ3) is 3.01. The molecular weight excluding hydrogens is 232 g/mol. The van der Waals surface area contributed by atoms with Crippen molar-refractivity contribution in [1.29, 1.82) is 0 Å². The molecule has 0 aliphatic carbocycles. The molecule has 0 bridgehead atoms. The molecule has 18 heavy (non-hydrogen) atoms. The van der Waals surface area contributed by atoms with Gasteiger partial charge in [0.05, 0.1) is 5.56 Å². The zero-order chi connectivity index (χ0) is 13.0. The number of aromatic hydroxyl groups is 1. The molecule has 0 saturated carbocycles. The van der Waals surface area contributed by atoms with Gasteiger partial charge in [0.2, 0.25) is 0 Å². The molecule has 2 N–H and O–H groups in total. The minimum absolute atomic E-state index is 0.176. The Bertz CT molecular complexity index is 546. The van der Waals surface area contributed by atoms with Crippen molar-refractivity contribution in [3.05, 3.63) is 59.7 Å². The van der Waals surface area contributed by atoms with Gasteiger partial charge in [-0.2, -0.15) is 0 Å². The molecule has 0 radical (unpaired) electrons. The summed E-state index contributed by atoms with van der Waals surface area (Å²) in [7, 11) is 0. The fraction of sp³-hybridized carbons (Fsp3) is 0.0714. The lowest BCUT2D eigenvalue weighted by Gasteiger charge is -2.06. The number of carboxylic acids is 1. The summed E-state index contributed by atoms with van der Waals surface area (Å²) >= 11 is 0. The molecule has 0 heterocycles. The maximum Gasteiger partial charge on any atom is 0.335 e. The fourth-order valence-electron chi connectivity index (χ4n) is 1.50. The van der Waals surface area contributed by atoms with Gasteiger partial charge in [-0.05, 0) is 42.0 Å². The van der Waals surface area contributed by atoms with Gasteiger partial charge in [0, 0.05) is 0 Å². The second kappa shape index (κ2) is 5.23. The van der Waals surface area contributed by atoms with Crippen molar-refractivity contribution in [2.75, 3.05) is 0 Å². The Hall–Kier alpha value is -2.49. The average molecular weight is 244 g/mol. The predicted octanol–water partition coefficient (Wildman–Crippen LogP) is 2.67. The molecule has 4 heteroatoms. The first-order chi connectivity index (χ1) is 8.65. The lowest BCUT2D eigenvalue weighted by molar-refractivity contribution is 0.0696. The van der Waals surface area contributed by atoms with Crippen molar-refractivity contribution in [2.24, 2.45) is 0 Å². The Morgan fingerprint density at radius 1 is 1.11 bits per heavy atom. The number of hydrogen-bond donors (Lipinski definition) is 2. The van der Waals surface area contributed by atoms with Crippen molar-refractivity contribution in [1.82, 2.24) is 0 Å². The Balaban J connectivity index is 2.04. The zero-order valence-corrected chi connectivity index (χ0v) is 9.54. The molecule has 0 fully saturated rings. The fourth-order valence-corrected chi connectivity index (χ4v) is 1.50. The molecule has 2 aromatic rings. The molecule has 0 atom stereocenters. The van der Waals surface area contributed by atoms with Crippen LogP contribution in [0.2, 0.25) is 0 Å². The van der Waals surface area contributed by atoms with E-state index in [1.807, 2.05) is 0 Å². The highest BCUT2D eigenvalue weighted by molar-refractivity contribution is 5.87. The topological polar surface area (TPSA) is 66.8 Å². The molecule has 0 aromatic heterocycles. The van der Waals surface area contributed by atoms with Crippen LogP contribution < -0.4 is 4.74 Å². The largest absolute Gasteiger partial charge is 0.508 e. The van der Waals surface area contributed by atoms with E-state index in [1.165, 1.54) is 18.2 Å². The first-order valence-electron chi connectivity index (χ1n) is 5.39. The third-order valence-electron chi connectivity index (χ3n) is 2.42. The van der Waals surface area contributed by atoms with Gasteiger partial charge in [-0.25, -0.2) is 4.79 Å². The molecule has 92 valence electrons. The average Bonchev–Trinajstić information content (AvgIpc) is 2.38. The summed E-state index contributed by atoms with van der Waals surface area (Å²) < 4.78 is 5.48. The Labute approximate surface area is 104 Å². The first-order valence-corrected chi connectivity index (χ1v) is 5.39. The molecule has 0 aliphatic heterocycles. The van der Waals surface area contributed by atoms with Crippen molar-refractivity contribution in [3.63, 3.8) is 0 Å². The highest BCUT2D eigenvalue weighted by Gasteiger charge is 2.03. The number of carboxylic acid groups (broad SMARTS) is 1.